The molecule has 108 valence electrons. The lowest BCUT2D eigenvalue weighted by atomic mass is 9.99. The number of aromatic nitrogens is 2. The number of imidazole rings is 1. The number of hydrogen-bond acceptors (Lipinski definition) is 4. The average Bonchev–Trinajstić information content (AvgIpc) is 2.89. The fourth-order valence-electron chi connectivity index (χ4n) is 2.17. The highest BCUT2D eigenvalue weighted by molar-refractivity contribution is 5.75. The van der Waals surface area contributed by atoms with Gasteiger partial charge in [-0.15, -0.1) is 0 Å². The van der Waals surface area contributed by atoms with Crippen LogP contribution in [-0.2, 0) is 16.1 Å². The fraction of sp³-hybridized carbons (Fsp3) is 0.467. The summed E-state index contributed by atoms with van der Waals surface area (Å²) in [6.45, 7) is 4.65. The van der Waals surface area contributed by atoms with E-state index >= 15 is 0 Å². The second-order valence-electron chi connectivity index (χ2n) is 4.97. The van der Waals surface area contributed by atoms with Crippen LogP contribution in [0.3, 0.4) is 0 Å². The number of hydrogen-bond donors (Lipinski definition) is 1. The summed E-state index contributed by atoms with van der Waals surface area (Å²) >= 11 is 0. The molecule has 2 atom stereocenters. The van der Waals surface area contributed by atoms with Gasteiger partial charge in [-0.3, -0.25) is 10.1 Å². The quantitative estimate of drug-likeness (QED) is 0.819. The molecule has 2 rings (SSSR count). The summed E-state index contributed by atoms with van der Waals surface area (Å²) in [6, 6.07) is 5.57. The van der Waals surface area contributed by atoms with Crippen LogP contribution in [0.2, 0.25) is 0 Å². The monoisotopic (exact) mass is 275 g/mol. The van der Waals surface area contributed by atoms with Crippen LogP contribution < -0.4 is 5.32 Å². The molecule has 0 saturated carbocycles. The molecule has 0 saturated heterocycles. The van der Waals surface area contributed by atoms with Crippen molar-refractivity contribution >= 4 is 11.6 Å². The zero-order valence-corrected chi connectivity index (χ0v) is 12.2. The Morgan fingerprint density at radius 3 is 2.95 bits per heavy atom. The molecule has 20 heavy (non-hydrogen) atoms. The molecule has 5 heteroatoms. The van der Waals surface area contributed by atoms with Gasteiger partial charge in [-0.25, -0.2) is 4.98 Å². The van der Waals surface area contributed by atoms with Gasteiger partial charge < -0.3 is 9.14 Å². The molecule has 0 spiro atoms. The molecule has 0 bridgehead atoms. The van der Waals surface area contributed by atoms with Crippen molar-refractivity contribution in [3.63, 3.8) is 0 Å². The predicted molar refractivity (Wildman–Crippen MR) is 77.3 cm³/mol. The highest BCUT2D eigenvalue weighted by atomic mass is 16.5. The molecule has 5 nitrogen and oxygen atoms in total. The number of ether oxygens (including phenoxy) is 1. The van der Waals surface area contributed by atoms with Crippen LogP contribution in [0.25, 0.3) is 5.65 Å². The standard InChI is InChI=1S/C15H21N3O2/c1-4-11(2)14(15(19)20-3)16-9-12-10-18-8-6-5-7-13(18)17-12/h5-8,10-11,14,16H,4,9H2,1-3H3. The van der Waals surface area contributed by atoms with Crippen LogP contribution >= 0.6 is 0 Å². The van der Waals surface area contributed by atoms with E-state index in [4.69, 9.17) is 4.74 Å². The summed E-state index contributed by atoms with van der Waals surface area (Å²) in [7, 11) is 1.42. The van der Waals surface area contributed by atoms with Gasteiger partial charge in [0, 0.05) is 18.9 Å². The number of carbonyl (C=O) groups excluding carboxylic acids is 1. The number of nitrogens with zero attached hydrogens (tertiary/aromatic N) is 2. The summed E-state index contributed by atoms with van der Waals surface area (Å²) in [5, 5.41) is 3.25. The number of rotatable bonds is 6. The van der Waals surface area contributed by atoms with Crippen molar-refractivity contribution in [1.29, 1.82) is 0 Å². The molecule has 2 unspecified atom stereocenters. The minimum Gasteiger partial charge on any atom is -0.468 e. The Balaban J connectivity index is 2.06. The molecule has 1 N–H and O–H groups in total. The topological polar surface area (TPSA) is 55.6 Å². The van der Waals surface area contributed by atoms with Crippen LogP contribution in [0.1, 0.15) is 26.0 Å². The number of esters is 1. The van der Waals surface area contributed by atoms with Gasteiger partial charge in [-0.1, -0.05) is 26.3 Å². The molecular formula is C15H21N3O2. The molecule has 0 aliphatic carbocycles. The number of carbonyl (C=O) groups is 1. The first kappa shape index (κ1) is 14.5. The molecule has 0 fully saturated rings. The highest BCUT2D eigenvalue weighted by Crippen LogP contribution is 2.11. The van der Waals surface area contributed by atoms with Gasteiger partial charge in [-0.2, -0.15) is 0 Å². The maximum absolute atomic E-state index is 11.8. The smallest absolute Gasteiger partial charge is 0.323 e. The normalized spacial score (nSPS) is 14.2. The van der Waals surface area contributed by atoms with Crippen LogP contribution in [-0.4, -0.2) is 28.5 Å². The van der Waals surface area contributed by atoms with Gasteiger partial charge >= 0.3 is 5.97 Å². The third-order valence-corrected chi connectivity index (χ3v) is 3.59. The number of methoxy groups -OCH3 is 1. The summed E-state index contributed by atoms with van der Waals surface area (Å²) in [4.78, 5) is 16.3. The SMILES string of the molecule is CCC(C)C(NCc1cn2ccccc2n1)C(=O)OC. The molecule has 2 aromatic heterocycles. The van der Waals surface area contributed by atoms with E-state index in [0.29, 0.717) is 6.54 Å². The molecular weight excluding hydrogens is 254 g/mol. The van der Waals surface area contributed by atoms with Gasteiger partial charge in [-0.05, 0) is 18.1 Å². The van der Waals surface area contributed by atoms with Gasteiger partial charge in [0.15, 0.2) is 0 Å². The number of nitrogens with one attached hydrogen (secondary N) is 1. The van der Waals surface area contributed by atoms with E-state index in [-0.39, 0.29) is 17.9 Å². The zero-order valence-electron chi connectivity index (χ0n) is 12.2. The molecule has 0 aliphatic heterocycles. The van der Waals surface area contributed by atoms with Crippen LogP contribution in [0.4, 0.5) is 0 Å². The van der Waals surface area contributed by atoms with Crippen molar-refractivity contribution in [2.45, 2.75) is 32.9 Å². The van der Waals surface area contributed by atoms with E-state index in [2.05, 4.69) is 17.2 Å². The average molecular weight is 275 g/mol. The predicted octanol–water partition coefficient (Wildman–Crippen LogP) is 2.01. The van der Waals surface area contributed by atoms with Crippen molar-refractivity contribution in [3.8, 4) is 0 Å². The maximum atomic E-state index is 11.8. The lowest BCUT2D eigenvalue weighted by molar-refractivity contribution is -0.144. The van der Waals surface area contributed by atoms with Crippen LogP contribution in [0.5, 0.6) is 0 Å². The van der Waals surface area contributed by atoms with Gasteiger partial charge in [0.2, 0.25) is 0 Å². The van der Waals surface area contributed by atoms with Gasteiger partial charge in [0.25, 0.3) is 0 Å². The summed E-state index contributed by atoms with van der Waals surface area (Å²) in [6.07, 6.45) is 4.84. The van der Waals surface area contributed by atoms with Gasteiger partial charge in [0.1, 0.15) is 11.7 Å². The summed E-state index contributed by atoms with van der Waals surface area (Å²) in [5.41, 5.74) is 1.82. The van der Waals surface area contributed by atoms with E-state index in [9.17, 15) is 4.79 Å². The largest absolute Gasteiger partial charge is 0.468 e. The fourth-order valence-corrected chi connectivity index (χ4v) is 2.17. The third kappa shape index (κ3) is 3.17. The molecule has 0 aromatic carbocycles. The minimum atomic E-state index is -0.296. The molecule has 0 amide bonds. The molecule has 0 aliphatic rings. The highest BCUT2D eigenvalue weighted by Gasteiger charge is 2.24. The van der Waals surface area contributed by atoms with Crippen molar-refractivity contribution in [2.24, 2.45) is 5.92 Å². The minimum absolute atomic E-state index is 0.219. The maximum Gasteiger partial charge on any atom is 0.323 e. The second-order valence-corrected chi connectivity index (χ2v) is 4.97. The van der Waals surface area contributed by atoms with E-state index in [1.807, 2.05) is 41.9 Å². The first-order valence-corrected chi connectivity index (χ1v) is 6.89. The number of fused-ring (bicyclic) bond motifs is 1. The Morgan fingerprint density at radius 1 is 1.50 bits per heavy atom. The molecule has 2 heterocycles. The molecule has 0 radical (unpaired) electrons. The van der Waals surface area contributed by atoms with Crippen LogP contribution in [0.15, 0.2) is 30.6 Å². The molecule has 2 aromatic rings. The Hall–Kier alpha value is -1.88. The van der Waals surface area contributed by atoms with E-state index in [0.717, 1.165) is 17.8 Å². The van der Waals surface area contributed by atoms with Crippen molar-refractivity contribution in [2.75, 3.05) is 7.11 Å². The van der Waals surface area contributed by atoms with Gasteiger partial charge in [0.05, 0.1) is 12.8 Å². The Bertz CT molecular complexity index is 546. The lowest BCUT2D eigenvalue weighted by Gasteiger charge is -2.21. The Labute approximate surface area is 119 Å². The first-order chi connectivity index (χ1) is 9.65. The van der Waals surface area contributed by atoms with Crippen LogP contribution in [0, 0.1) is 5.92 Å². The number of pyridine rings is 1. The second kappa shape index (κ2) is 6.52. The Morgan fingerprint density at radius 2 is 2.30 bits per heavy atom. The van der Waals surface area contributed by atoms with E-state index in [1.165, 1.54) is 7.11 Å². The van der Waals surface area contributed by atoms with E-state index < -0.39 is 0 Å². The summed E-state index contributed by atoms with van der Waals surface area (Å²) < 4.78 is 6.82. The first-order valence-electron chi connectivity index (χ1n) is 6.89. The lowest BCUT2D eigenvalue weighted by Crippen LogP contribution is -2.42. The van der Waals surface area contributed by atoms with Crippen molar-refractivity contribution < 1.29 is 9.53 Å². The zero-order chi connectivity index (χ0) is 14.5. The van der Waals surface area contributed by atoms with Crippen molar-refractivity contribution in [3.05, 3.63) is 36.3 Å². The van der Waals surface area contributed by atoms with Crippen molar-refractivity contribution in [1.82, 2.24) is 14.7 Å². The third-order valence-electron chi connectivity index (χ3n) is 3.59. The Kier molecular flexibility index (Phi) is 4.74. The van der Waals surface area contributed by atoms with E-state index in [1.54, 1.807) is 0 Å². The summed E-state index contributed by atoms with van der Waals surface area (Å²) in [5.74, 6) is 0.00240.